The van der Waals surface area contributed by atoms with E-state index in [4.69, 9.17) is 9.84 Å². The third-order valence-electron chi connectivity index (χ3n) is 1.45. The number of nitro groups is 1. The highest BCUT2D eigenvalue weighted by molar-refractivity contribution is 9.10. The first-order valence-corrected chi connectivity index (χ1v) is 4.06. The van der Waals surface area contributed by atoms with Crippen molar-refractivity contribution in [1.82, 2.24) is 0 Å². The molecule has 0 saturated heterocycles. The lowest BCUT2D eigenvalue weighted by Crippen LogP contribution is -1.91. The lowest BCUT2D eigenvalue weighted by atomic mass is 10.3. The molecule has 70 valence electrons. The molecule has 0 amide bonds. The molecule has 5 nitrogen and oxygen atoms in total. The molecule has 1 aromatic rings. The van der Waals surface area contributed by atoms with Gasteiger partial charge < -0.3 is 9.84 Å². The highest BCUT2D eigenvalue weighted by Gasteiger charge is 2.16. The van der Waals surface area contributed by atoms with Crippen LogP contribution in [-0.4, -0.2) is 17.1 Å². The van der Waals surface area contributed by atoms with Crippen LogP contribution in [0, 0.1) is 10.1 Å². The second-order valence-electron chi connectivity index (χ2n) is 2.23. The zero-order chi connectivity index (χ0) is 10.0. The minimum absolute atomic E-state index is 0.310. The topological polar surface area (TPSA) is 72.6 Å². The van der Waals surface area contributed by atoms with Crippen LogP contribution in [0.5, 0.6) is 11.5 Å². The maximum Gasteiger partial charge on any atom is 0.314 e. The molecule has 0 aliphatic rings. The predicted molar refractivity (Wildman–Crippen MR) is 49.0 cm³/mol. The molecule has 0 unspecified atom stereocenters. The minimum Gasteiger partial charge on any atom is -0.502 e. The van der Waals surface area contributed by atoms with Gasteiger partial charge in [0, 0.05) is 6.07 Å². The second-order valence-corrected chi connectivity index (χ2v) is 3.09. The van der Waals surface area contributed by atoms with Gasteiger partial charge in [-0.1, -0.05) is 0 Å². The van der Waals surface area contributed by atoms with Gasteiger partial charge in [0.05, 0.1) is 22.6 Å². The molecule has 0 atom stereocenters. The zero-order valence-electron chi connectivity index (χ0n) is 6.65. The molecule has 0 radical (unpaired) electrons. The van der Waals surface area contributed by atoms with Gasteiger partial charge in [-0.3, -0.25) is 10.1 Å². The highest BCUT2D eigenvalue weighted by atomic mass is 79.9. The number of hydrogen-bond donors (Lipinski definition) is 1. The summed E-state index contributed by atoms with van der Waals surface area (Å²) < 4.78 is 5.30. The molecule has 13 heavy (non-hydrogen) atoms. The summed E-state index contributed by atoms with van der Waals surface area (Å²) in [5, 5.41) is 19.5. The molecule has 6 heteroatoms. The molecule has 0 aliphatic heterocycles. The van der Waals surface area contributed by atoms with Gasteiger partial charge in [-0.05, 0) is 15.9 Å². The van der Waals surface area contributed by atoms with Gasteiger partial charge in [0.2, 0.25) is 0 Å². The predicted octanol–water partition coefficient (Wildman–Crippen LogP) is 2.07. The third kappa shape index (κ3) is 1.89. The maximum absolute atomic E-state index is 10.4. The van der Waals surface area contributed by atoms with Gasteiger partial charge in [0.25, 0.3) is 0 Å². The summed E-state index contributed by atoms with van der Waals surface area (Å²) in [6.07, 6.45) is 0. The van der Waals surface area contributed by atoms with Gasteiger partial charge in [0.1, 0.15) is 5.75 Å². The van der Waals surface area contributed by atoms with Crippen molar-refractivity contribution < 1.29 is 14.8 Å². The lowest BCUT2D eigenvalue weighted by Gasteiger charge is -2.03. The summed E-state index contributed by atoms with van der Waals surface area (Å²) in [7, 11) is 1.39. The first kappa shape index (κ1) is 9.79. The van der Waals surface area contributed by atoms with Crippen LogP contribution in [-0.2, 0) is 0 Å². The number of ether oxygens (including phenoxy) is 1. The van der Waals surface area contributed by atoms with E-state index >= 15 is 0 Å². The molecule has 0 aliphatic carbocycles. The Bertz CT molecular complexity index is 353. The van der Waals surface area contributed by atoms with Crippen LogP contribution in [0.1, 0.15) is 0 Å². The summed E-state index contributed by atoms with van der Waals surface area (Å²) in [5.41, 5.74) is -0.375. The van der Waals surface area contributed by atoms with E-state index in [9.17, 15) is 10.1 Å². The SMILES string of the molecule is COc1cc([N+](=O)[O-])c(O)cc1Br. The summed E-state index contributed by atoms with van der Waals surface area (Å²) in [6, 6.07) is 2.37. The van der Waals surface area contributed by atoms with E-state index in [2.05, 4.69) is 15.9 Å². The van der Waals surface area contributed by atoms with E-state index in [1.165, 1.54) is 13.2 Å². The van der Waals surface area contributed by atoms with Gasteiger partial charge >= 0.3 is 5.69 Å². The number of methoxy groups -OCH3 is 1. The van der Waals surface area contributed by atoms with Crippen molar-refractivity contribution in [3.63, 3.8) is 0 Å². The van der Waals surface area contributed by atoms with Crippen LogP contribution in [0.2, 0.25) is 0 Å². The number of phenols is 1. The first-order chi connectivity index (χ1) is 6.06. The van der Waals surface area contributed by atoms with E-state index in [1.54, 1.807) is 0 Å². The van der Waals surface area contributed by atoms with E-state index in [-0.39, 0.29) is 5.69 Å². The average molecular weight is 248 g/mol. The van der Waals surface area contributed by atoms with E-state index in [0.717, 1.165) is 6.07 Å². The van der Waals surface area contributed by atoms with Crippen molar-refractivity contribution in [2.75, 3.05) is 7.11 Å². The largest absolute Gasteiger partial charge is 0.502 e. The van der Waals surface area contributed by atoms with Gasteiger partial charge in [-0.2, -0.15) is 0 Å². The zero-order valence-corrected chi connectivity index (χ0v) is 8.24. The Morgan fingerprint density at radius 2 is 2.23 bits per heavy atom. The lowest BCUT2D eigenvalue weighted by molar-refractivity contribution is -0.385. The number of benzene rings is 1. The van der Waals surface area contributed by atoms with Crippen LogP contribution in [0.25, 0.3) is 0 Å². The number of rotatable bonds is 2. The monoisotopic (exact) mass is 247 g/mol. The Balaban J connectivity index is 3.30. The molecule has 0 saturated carbocycles. The number of nitrogens with zero attached hydrogens (tertiary/aromatic N) is 1. The summed E-state index contributed by atoms with van der Waals surface area (Å²) >= 11 is 3.08. The standard InChI is InChI=1S/C7H6BrNO4/c1-13-7-3-5(9(11)12)6(10)2-4(7)8/h2-3,10H,1H3. The molecule has 0 heterocycles. The number of aromatic hydroxyl groups is 1. The maximum atomic E-state index is 10.4. The fourth-order valence-corrected chi connectivity index (χ4v) is 1.33. The minimum atomic E-state index is -0.676. The van der Waals surface area contributed by atoms with Crippen molar-refractivity contribution >= 4 is 21.6 Å². The third-order valence-corrected chi connectivity index (χ3v) is 2.07. The van der Waals surface area contributed by atoms with Crippen molar-refractivity contribution in [2.24, 2.45) is 0 Å². The van der Waals surface area contributed by atoms with E-state index in [0.29, 0.717) is 10.2 Å². The molecule has 0 spiro atoms. The molecular formula is C7H6BrNO4. The van der Waals surface area contributed by atoms with Crippen LogP contribution >= 0.6 is 15.9 Å². The number of nitro benzene ring substituents is 1. The van der Waals surface area contributed by atoms with Gasteiger partial charge in [-0.25, -0.2) is 0 Å². The quantitative estimate of drug-likeness (QED) is 0.642. The fourth-order valence-electron chi connectivity index (χ4n) is 0.835. The Kier molecular flexibility index (Phi) is 2.72. The Labute approximate surface area is 82.2 Å². The van der Waals surface area contributed by atoms with Gasteiger partial charge in [-0.15, -0.1) is 0 Å². The van der Waals surface area contributed by atoms with E-state index < -0.39 is 10.7 Å². The molecule has 0 bridgehead atoms. The van der Waals surface area contributed by atoms with Crippen LogP contribution in [0.15, 0.2) is 16.6 Å². The highest BCUT2D eigenvalue weighted by Crippen LogP contribution is 2.36. The average Bonchev–Trinajstić information content (AvgIpc) is 2.03. The van der Waals surface area contributed by atoms with Crippen molar-refractivity contribution in [1.29, 1.82) is 0 Å². The normalized spacial score (nSPS) is 9.69. The molecule has 0 aromatic heterocycles. The van der Waals surface area contributed by atoms with E-state index in [1.807, 2.05) is 0 Å². The molecule has 1 aromatic carbocycles. The van der Waals surface area contributed by atoms with Crippen molar-refractivity contribution in [3.05, 3.63) is 26.7 Å². The van der Waals surface area contributed by atoms with Gasteiger partial charge in [0.15, 0.2) is 5.75 Å². The summed E-state index contributed by atoms with van der Waals surface area (Å²) in [5.74, 6) is -0.0813. The van der Waals surface area contributed by atoms with Crippen molar-refractivity contribution in [2.45, 2.75) is 0 Å². The first-order valence-electron chi connectivity index (χ1n) is 3.27. The fraction of sp³-hybridized carbons (Fsp3) is 0.143. The molecular weight excluding hydrogens is 242 g/mol. The number of halogens is 1. The Morgan fingerprint density at radius 1 is 1.62 bits per heavy atom. The van der Waals surface area contributed by atoms with Crippen LogP contribution in [0.4, 0.5) is 5.69 Å². The molecule has 1 rings (SSSR count). The summed E-state index contributed by atoms with van der Waals surface area (Å²) in [6.45, 7) is 0. The summed E-state index contributed by atoms with van der Waals surface area (Å²) in [4.78, 5) is 9.70. The Morgan fingerprint density at radius 3 is 2.69 bits per heavy atom. The number of hydrogen-bond acceptors (Lipinski definition) is 4. The molecule has 1 N–H and O–H groups in total. The smallest absolute Gasteiger partial charge is 0.314 e. The number of phenolic OH excluding ortho intramolecular Hbond substituents is 1. The second kappa shape index (κ2) is 3.61. The Hall–Kier alpha value is -1.30. The molecule has 0 fully saturated rings. The van der Waals surface area contributed by atoms with Crippen LogP contribution in [0.3, 0.4) is 0 Å². The van der Waals surface area contributed by atoms with Crippen LogP contribution < -0.4 is 4.74 Å². The van der Waals surface area contributed by atoms with Crippen molar-refractivity contribution in [3.8, 4) is 11.5 Å².